The second kappa shape index (κ2) is 7.28. The molecule has 0 aliphatic carbocycles. The highest BCUT2D eigenvalue weighted by molar-refractivity contribution is 5.88. The molecule has 23 heavy (non-hydrogen) atoms. The maximum absolute atomic E-state index is 12.2. The molecule has 0 spiro atoms. The minimum absolute atomic E-state index is 0.156. The van der Waals surface area contributed by atoms with Gasteiger partial charge in [-0.1, -0.05) is 38.5 Å². The Kier molecular flexibility index (Phi) is 5.39. The van der Waals surface area contributed by atoms with Crippen LogP contribution in [-0.2, 0) is 16.0 Å². The van der Waals surface area contributed by atoms with Crippen molar-refractivity contribution in [1.82, 2.24) is 10.3 Å². The number of hydrogen-bond donors (Lipinski definition) is 4. The van der Waals surface area contributed by atoms with E-state index in [0.717, 1.165) is 16.5 Å². The Hall–Kier alpha value is -2.34. The second-order valence-corrected chi connectivity index (χ2v) is 5.88. The van der Waals surface area contributed by atoms with Gasteiger partial charge in [0.05, 0.1) is 6.04 Å². The number of nitrogens with one attached hydrogen (secondary N) is 2. The normalized spacial score (nSPS) is 15.1. The van der Waals surface area contributed by atoms with Crippen molar-refractivity contribution < 1.29 is 14.7 Å². The molecule has 2 aromatic rings. The zero-order chi connectivity index (χ0) is 17.0. The highest BCUT2D eigenvalue weighted by Gasteiger charge is 2.27. The van der Waals surface area contributed by atoms with Crippen LogP contribution in [0.2, 0.25) is 0 Å². The third kappa shape index (κ3) is 3.90. The summed E-state index contributed by atoms with van der Waals surface area (Å²) in [6.07, 6.45) is 2.85. The van der Waals surface area contributed by atoms with Gasteiger partial charge < -0.3 is 21.1 Å². The Balaban J connectivity index is 2.06. The smallest absolute Gasteiger partial charge is 0.326 e. The number of rotatable bonds is 7. The third-order valence-corrected chi connectivity index (χ3v) is 4.23. The molecule has 0 saturated heterocycles. The molecule has 0 radical (unpaired) electrons. The van der Waals surface area contributed by atoms with E-state index in [2.05, 4.69) is 10.3 Å². The second-order valence-electron chi connectivity index (χ2n) is 5.88. The molecule has 0 bridgehead atoms. The van der Waals surface area contributed by atoms with E-state index in [1.54, 1.807) is 6.92 Å². The summed E-state index contributed by atoms with van der Waals surface area (Å²) in [7, 11) is 0. The number of aromatic amines is 1. The van der Waals surface area contributed by atoms with Gasteiger partial charge in [-0.25, -0.2) is 4.79 Å². The Morgan fingerprint density at radius 1 is 1.35 bits per heavy atom. The molecule has 0 aliphatic heterocycles. The van der Waals surface area contributed by atoms with Gasteiger partial charge in [0.1, 0.15) is 6.04 Å². The molecule has 6 heteroatoms. The molecule has 0 saturated carbocycles. The van der Waals surface area contributed by atoms with Crippen LogP contribution in [-0.4, -0.2) is 34.1 Å². The molecule has 0 fully saturated rings. The predicted molar refractivity (Wildman–Crippen MR) is 89.0 cm³/mol. The lowest BCUT2D eigenvalue weighted by atomic mass is 9.98. The lowest BCUT2D eigenvalue weighted by molar-refractivity contribution is -0.143. The fraction of sp³-hybridized carbons (Fsp3) is 0.412. The number of carboxylic acid groups (broad SMARTS) is 1. The van der Waals surface area contributed by atoms with E-state index >= 15 is 0 Å². The van der Waals surface area contributed by atoms with E-state index in [0.29, 0.717) is 12.8 Å². The number of hydrogen-bond acceptors (Lipinski definition) is 3. The topological polar surface area (TPSA) is 108 Å². The van der Waals surface area contributed by atoms with Crippen LogP contribution < -0.4 is 11.1 Å². The van der Waals surface area contributed by atoms with Crippen LogP contribution in [0.4, 0.5) is 0 Å². The average Bonchev–Trinajstić information content (AvgIpc) is 2.94. The van der Waals surface area contributed by atoms with Crippen molar-refractivity contribution in [3.63, 3.8) is 0 Å². The number of aromatic nitrogens is 1. The summed E-state index contributed by atoms with van der Waals surface area (Å²) in [4.78, 5) is 26.7. The molecule has 1 aromatic heterocycles. The minimum Gasteiger partial charge on any atom is -0.480 e. The van der Waals surface area contributed by atoms with Crippen molar-refractivity contribution in [3.8, 4) is 0 Å². The Morgan fingerprint density at radius 3 is 2.70 bits per heavy atom. The molecular formula is C17H23N3O3. The molecule has 6 nitrogen and oxygen atoms in total. The van der Waals surface area contributed by atoms with Gasteiger partial charge in [0.25, 0.3) is 0 Å². The van der Waals surface area contributed by atoms with Crippen LogP contribution in [0.5, 0.6) is 0 Å². The summed E-state index contributed by atoms with van der Waals surface area (Å²) in [5.74, 6) is -1.63. The highest BCUT2D eigenvalue weighted by atomic mass is 16.4. The summed E-state index contributed by atoms with van der Waals surface area (Å²) in [5.41, 5.74) is 7.90. The van der Waals surface area contributed by atoms with Crippen LogP contribution in [0, 0.1) is 5.92 Å². The van der Waals surface area contributed by atoms with Gasteiger partial charge >= 0.3 is 5.97 Å². The number of aliphatic carboxylic acids is 1. The van der Waals surface area contributed by atoms with E-state index in [4.69, 9.17) is 5.73 Å². The minimum atomic E-state index is -1.04. The summed E-state index contributed by atoms with van der Waals surface area (Å²) in [6, 6.07) is 6.06. The number of benzene rings is 1. The molecule has 1 heterocycles. The van der Waals surface area contributed by atoms with Gasteiger partial charge in [-0.15, -0.1) is 0 Å². The number of H-pyrrole nitrogens is 1. The van der Waals surface area contributed by atoms with Crippen molar-refractivity contribution in [2.75, 3.05) is 0 Å². The number of amides is 1. The first-order valence-corrected chi connectivity index (χ1v) is 7.77. The van der Waals surface area contributed by atoms with Gasteiger partial charge in [0, 0.05) is 17.1 Å². The van der Waals surface area contributed by atoms with Crippen LogP contribution >= 0.6 is 0 Å². The maximum atomic E-state index is 12.2. The number of carboxylic acids is 1. The fourth-order valence-corrected chi connectivity index (χ4v) is 2.57. The van der Waals surface area contributed by atoms with E-state index in [1.165, 1.54) is 0 Å². The van der Waals surface area contributed by atoms with Crippen LogP contribution in [0.15, 0.2) is 30.5 Å². The summed E-state index contributed by atoms with van der Waals surface area (Å²) >= 11 is 0. The van der Waals surface area contributed by atoms with Crippen LogP contribution in [0.1, 0.15) is 25.8 Å². The summed E-state index contributed by atoms with van der Waals surface area (Å²) < 4.78 is 0. The van der Waals surface area contributed by atoms with Crippen LogP contribution in [0.3, 0.4) is 0 Å². The summed E-state index contributed by atoms with van der Waals surface area (Å²) in [5, 5.41) is 12.8. The number of carbonyl (C=O) groups excluding carboxylic acids is 1. The SMILES string of the molecule is CCC(C)[C@H](NC(=O)[C@@H](N)Cc1c[nH]c2ccccc12)C(=O)O. The standard InChI is InChI=1S/C17H23N3O3/c1-3-10(2)15(17(22)23)20-16(21)13(18)8-11-9-19-14-7-5-4-6-12(11)14/h4-7,9-10,13,15,19H,3,8,18H2,1-2H3,(H,20,21)(H,22,23)/t10?,13-,15-/m0/s1. The first-order valence-electron chi connectivity index (χ1n) is 7.77. The largest absolute Gasteiger partial charge is 0.480 e. The molecule has 124 valence electrons. The zero-order valence-corrected chi connectivity index (χ0v) is 13.4. The first-order chi connectivity index (χ1) is 10.9. The molecule has 1 unspecified atom stereocenters. The molecule has 1 aromatic carbocycles. The van der Waals surface area contributed by atoms with E-state index in [9.17, 15) is 14.7 Å². The summed E-state index contributed by atoms with van der Waals surface area (Å²) in [6.45, 7) is 3.68. The lowest BCUT2D eigenvalue weighted by Crippen LogP contribution is -2.51. The van der Waals surface area contributed by atoms with Crippen molar-refractivity contribution in [1.29, 1.82) is 0 Å². The quantitative estimate of drug-likeness (QED) is 0.622. The van der Waals surface area contributed by atoms with Crippen LogP contribution in [0.25, 0.3) is 10.9 Å². The molecule has 3 atom stereocenters. The molecule has 1 amide bonds. The lowest BCUT2D eigenvalue weighted by Gasteiger charge is -2.22. The first kappa shape index (κ1) is 17.0. The maximum Gasteiger partial charge on any atom is 0.326 e. The van der Waals surface area contributed by atoms with Gasteiger partial charge in [0.15, 0.2) is 0 Å². The third-order valence-electron chi connectivity index (χ3n) is 4.23. The monoisotopic (exact) mass is 317 g/mol. The number of fused-ring (bicyclic) bond motifs is 1. The molecule has 2 rings (SSSR count). The zero-order valence-electron chi connectivity index (χ0n) is 13.4. The predicted octanol–water partition coefficient (Wildman–Crippen LogP) is 1.65. The fourth-order valence-electron chi connectivity index (χ4n) is 2.57. The number of carbonyl (C=O) groups is 2. The van der Waals surface area contributed by atoms with E-state index < -0.39 is 24.0 Å². The Morgan fingerprint density at radius 2 is 2.04 bits per heavy atom. The molecular weight excluding hydrogens is 294 g/mol. The van der Waals surface area contributed by atoms with E-state index in [1.807, 2.05) is 37.4 Å². The molecule has 0 aliphatic rings. The highest BCUT2D eigenvalue weighted by Crippen LogP contribution is 2.19. The van der Waals surface area contributed by atoms with Gasteiger partial charge in [-0.3, -0.25) is 4.79 Å². The van der Waals surface area contributed by atoms with Gasteiger partial charge in [0.2, 0.25) is 5.91 Å². The number of nitrogens with two attached hydrogens (primary N) is 1. The van der Waals surface area contributed by atoms with Crippen molar-refractivity contribution >= 4 is 22.8 Å². The van der Waals surface area contributed by atoms with Gasteiger partial charge in [-0.05, 0) is 24.0 Å². The van der Waals surface area contributed by atoms with Crippen molar-refractivity contribution in [2.45, 2.75) is 38.8 Å². The van der Waals surface area contributed by atoms with Crippen molar-refractivity contribution in [2.24, 2.45) is 11.7 Å². The van der Waals surface area contributed by atoms with Gasteiger partial charge in [-0.2, -0.15) is 0 Å². The average molecular weight is 317 g/mol. The Labute approximate surface area is 135 Å². The molecule has 5 N–H and O–H groups in total. The number of para-hydroxylation sites is 1. The van der Waals surface area contributed by atoms with Crippen molar-refractivity contribution in [3.05, 3.63) is 36.0 Å². The van der Waals surface area contributed by atoms with E-state index in [-0.39, 0.29) is 5.92 Å². The Bertz CT molecular complexity index is 695.